The highest BCUT2D eigenvalue weighted by atomic mass is 16.5. The summed E-state index contributed by atoms with van der Waals surface area (Å²) in [6, 6.07) is 7.89. The minimum atomic E-state index is -0.385. The summed E-state index contributed by atoms with van der Waals surface area (Å²) in [5.41, 5.74) is 2.98. The number of carbonyl (C=O) groups excluding carboxylic acids is 1. The van der Waals surface area contributed by atoms with Crippen LogP contribution < -0.4 is 15.4 Å². The van der Waals surface area contributed by atoms with Crippen molar-refractivity contribution in [2.24, 2.45) is 0 Å². The highest BCUT2D eigenvalue weighted by Crippen LogP contribution is 2.17. The molecule has 7 nitrogen and oxygen atoms in total. The van der Waals surface area contributed by atoms with Crippen molar-refractivity contribution < 1.29 is 18.8 Å². The molecule has 2 N–H and O–H groups in total. The fraction of sp³-hybridized carbons (Fsp3) is 0.444. The number of amides is 1. The summed E-state index contributed by atoms with van der Waals surface area (Å²) in [4.78, 5) is 11.1. The van der Waals surface area contributed by atoms with Gasteiger partial charge in [0.2, 0.25) is 0 Å². The van der Waals surface area contributed by atoms with Crippen molar-refractivity contribution in [1.29, 1.82) is 0 Å². The summed E-state index contributed by atoms with van der Waals surface area (Å²) in [6.07, 6.45) is -0.385. The molecular weight excluding hydrogens is 322 g/mol. The maximum absolute atomic E-state index is 11.1. The van der Waals surface area contributed by atoms with Crippen molar-refractivity contribution in [2.45, 2.75) is 33.9 Å². The van der Waals surface area contributed by atoms with E-state index >= 15 is 0 Å². The molecule has 0 spiro atoms. The summed E-state index contributed by atoms with van der Waals surface area (Å²) in [5, 5.41) is 9.83. The van der Waals surface area contributed by atoms with Crippen molar-refractivity contribution in [2.75, 3.05) is 19.7 Å². The molecule has 0 radical (unpaired) electrons. The van der Waals surface area contributed by atoms with Crippen molar-refractivity contribution >= 4 is 6.09 Å². The van der Waals surface area contributed by atoms with Gasteiger partial charge in [-0.2, -0.15) is 0 Å². The number of benzene rings is 1. The molecule has 1 aromatic heterocycles. The molecule has 2 rings (SSSR count). The third-order valence-electron chi connectivity index (χ3n) is 3.66. The molecule has 7 heteroatoms. The average molecular weight is 347 g/mol. The van der Waals surface area contributed by atoms with Gasteiger partial charge in [0.15, 0.2) is 0 Å². The quantitative estimate of drug-likeness (QED) is 0.679. The van der Waals surface area contributed by atoms with Gasteiger partial charge in [0.05, 0.1) is 17.9 Å². The van der Waals surface area contributed by atoms with Gasteiger partial charge in [0, 0.05) is 19.6 Å². The molecule has 0 aliphatic heterocycles. The number of alkyl carbamates (subject to hydrolysis) is 1. The first-order chi connectivity index (χ1) is 12.1. The van der Waals surface area contributed by atoms with E-state index in [9.17, 15) is 4.79 Å². The summed E-state index contributed by atoms with van der Waals surface area (Å²) in [5.74, 6) is 1.59. The topological polar surface area (TPSA) is 85.6 Å². The summed E-state index contributed by atoms with van der Waals surface area (Å²) >= 11 is 0. The molecule has 1 heterocycles. The summed E-state index contributed by atoms with van der Waals surface area (Å²) < 4.78 is 15.7. The van der Waals surface area contributed by atoms with Gasteiger partial charge in [-0.3, -0.25) is 0 Å². The molecule has 0 atom stereocenters. The summed E-state index contributed by atoms with van der Waals surface area (Å²) in [6.45, 7) is 8.29. The lowest BCUT2D eigenvalue weighted by molar-refractivity contribution is 0.152. The SMILES string of the molecule is CCOC(=O)NCCNCc1ccc(OCc2c(C)noc2C)cc1. The standard InChI is InChI=1S/C18H25N3O4/c1-4-23-18(22)20-10-9-19-11-15-5-7-16(8-6-15)24-12-17-13(2)21-25-14(17)3/h5-8,19H,4,9-12H2,1-3H3,(H,20,22). The number of nitrogens with zero attached hydrogens (tertiary/aromatic N) is 1. The Bertz CT molecular complexity index is 648. The molecule has 0 saturated heterocycles. The Morgan fingerprint density at radius 1 is 1.20 bits per heavy atom. The van der Waals surface area contributed by atoms with E-state index in [-0.39, 0.29) is 6.09 Å². The first-order valence-corrected chi connectivity index (χ1v) is 8.35. The Morgan fingerprint density at radius 3 is 2.60 bits per heavy atom. The van der Waals surface area contributed by atoms with Crippen LogP contribution in [0, 0.1) is 13.8 Å². The smallest absolute Gasteiger partial charge is 0.407 e. The van der Waals surface area contributed by atoms with Crippen molar-refractivity contribution in [3.05, 3.63) is 46.8 Å². The number of aryl methyl sites for hydroxylation is 2. The monoisotopic (exact) mass is 347 g/mol. The van der Waals surface area contributed by atoms with Gasteiger partial charge in [0.1, 0.15) is 18.1 Å². The number of nitrogens with one attached hydrogen (secondary N) is 2. The van der Waals surface area contributed by atoms with E-state index in [1.165, 1.54) is 0 Å². The van der Waals surface area contributed by atoms with Gasteiger partial charge in [-0.15, -0.1) is 0 Å². The zero-order valence-corrected chi connectivity index (χ0v) is 14.9. The summed E-state index contributed by atoms with van der Waals surface area (Å²) in [7, 11) is 0. The maximum atomic E-state index is 11.1. The minimum absolute atomic E-state index is 0.379. The lowest BCUT2D eigenvalue weighted by Gasteiger charge is -2.09. The molecule has 25 heavy (non-hydrogen) atoms. The first kappa shape index (κ1) is 18.8. The molecule has 0 unspecified atom stereocenters. The van der Waals surface area contributed by atoms with Crippen molar-refractivity contribution in [3.8, 4) is 5.75 Å². The first-order valence-electron chi connectivity index (χ1n) is 8.35. The van der Waals surface area contributed by atoms with Crippen molar-refractivity contribution in [3.63, 3.8) is 0 Å². The number of hydrogen-bond donors (Lipinski definition) is 2. The van der Waals surface area contributed by atoms with Crippen molar-refractivity contribution in [1.82, 2.24) is 15.8 Å². The van der Waals surface area contributed by atoms with Gasteiger partial charge >= 0.3 is 6.09 Å². The van der Waals surface area contributed by atoms with E-state index in [4.69, 9.17) is 14.0 Å². The Hall–Kier alpha value is -2.54. The van der Waals surface area contributed by atoms with Crippen LogP contribution in [0.5, 0.6) is 5.75 Å². The van der Waals surface area contributed by atoms with Crippen LogP contribution >= 0.6 is 0 Å². The molecule has 0 saturated carbocycles. The molecule has 0 aliphatic rings. The predicted octanol–water partition coefficient (Wildman–Crippen LogP) is 2.71. The van der Waals surface area contributed by atoms with Crippen LogP contribution in [-0.2, 0) is 17.9 Å². The van der Waals surface area contributed by atoms with Crippen LogP contribution in [0.4, 0.5) is 4.79 Å². The van der Waals surface area contributed by atoms with Crippen LogP contribution in [0.2, 0.25) is 0 Å². The number of rotatable bonds is 9. The Labute approximate surface area is 147 Å². The van der Waals surface area contributed by atoms with E-state index in [1.807, 2.05) is 38.1 Å². The normalized spacial score (nSPS) is 10.5. The third-order valence-corrected chi connectivity index (χ3v) is 3.66. The van der Waals surface area contributed by atoms with E-state index in [0.717, 1.165) is 28.3 Å². The lowest BCUT2D eigenvalue weighted by atomic mass is 10.2. The number of ether oxygens (including phenoxy) is 2. The Kier molecular flexibility index (Phi) is 7.28. The fourth-order valence-electron chi connectivity index (χ4n) is 2.23. The van der Waals surface area contributed by atoms with Crippen LogP contribution in [0.15, 0.2) is 28.8 Å². The van der Waals surface area contributed by atoms with Gasteiger partial charge in [-0.1, -0.05) is 17.3 Å². The van der Waals surface area contributed by atoms with Crippen LogP contribution in [0.3, 0.4) is 0 Å². The molecule has 2 aromatic rings. The zero-order chi connectivity index (χ0) is 18.1. The average Bonchev–Trinajstić information content (AvgIpc) is 2.92. The lowest BCUT2D eigenvalue weighted by Crippen LogP contribution is -2.32. The van der Waals surface area contributed by atoms with Gasteiger partial charge in [-0.05, 0) is 38.5 Å². The highest BCUT2D eigenvalue weighted by Gasteiger charge is 2.09. The van der Waals surface area contributed by atoms with E-state index in [1.54, 1.807) is 6.92 Å². The highest BCUT2D eigenvalue weighted by molar-refractivity contribution is 5.66. The molecule has 0 bridgehead atoms. The molecule has 0 aliphatic carbocycles. The van der Waals surface area contributed by atoms with Gasteiger partial charge < -0.3 is 24.6 Å². The number of hydrogen-bond acceptors (Lipinski definition) is 6. The Morgan fingerprint density at radius 2 is 1.96 bits per heavy atom. The molecule has 136 valence electrons. The fourth-order valence-corrected chi connectivity index (χ4v) is 2.23. The zero-order valence-electron chi connectivity index (χ0n) is 14.9. The van der Waals surface area contributed by atoms with Crippen LogP contribution in [0.25, 0.3) is 0 Å². The van der Waals surface area contributed by atoms with Crippen LogP contribution in [0.1, 0.15) is 29.5 Å². The Balaban J connectivity index is 1.68. The third kappa shape index (κ3) is 6.11. The molecule has 1 amide bonds. The van der Waals surface area contributed by atoms with E-state index in [2.05, 4.69) is 15.8 Å². The second-order valence-electron chi connectivity index (χ2n) is 5.56. The second kappa shape index (κ2) is 9.68. The van der Waals surface area contributed by atoms with Gasteiger partial charge in [-0.25, -0.2) is 4.79 Å². The minimum Gasteiger partial charge on any atom is -0.489 e. The largest absolute Gasteiger partial charge is 0.489 e. The number of carbonyl (C=O) groups is 1. The van der Waals surface area contributed by atoms with E-state index in [0.29, 0.717) is 32.8 Å². The maximum Gasteiger partial charge on any atom is 0.407 e. The number of aromatic nitrogens is 1. The van der Waals surface area contributed by atoms with Gasteiger partial charge in [0.25, 0.3) is 0 Å². The molecule has 0 fully saturated rings. The predicted molar refractivity (Wildman–Crippen MR) is 93.5 cm³/mol. The van der Waals surface area contributed by atoms with E-state index < -0.39 is 0 Å². The van der Waals surface area contributed by atoms with Crippen LogP contribution in [-0.4, -0.2) is 30.9 Å². The molecular formula is C18H25N3O4. The molecule has 1 aromatic carbocycles. The second-order valence-corrected chi connectivity index (χ2v) is 5.56.